The van der Waals surface area contributed by atoms with Crippen molar-refractivity contribution in [3.63, 3.8) is 0 Å². The molecule has 1 aromatic carbocycles. The van der Waals surface area contributed by atoms with E-state index in [1.807, 2.05) is 58.0 Å². The molecule has 0 aliphatic rings. The molecule has 0 aliphatic heterocycles. The fraction of sp³-hybridized carbons (Fsp3) is 0.357. The molecule has 0 saturated heterocycles. The van der Waals surface area contributed by atoms with Crippen LogP contribution in [0, 0.1) is 0 Å². The Morgan fingerprint density at radius 2 is 1.75 bits per heavy atom. The number of nitrogens with one attached hydrogen (secondary N) is 1. The van der Waals surface area contributed by atoms with Crippen molar-refractivity contribution in [1.29, 1.82) is 0 Å². The Hall–Kier alpha value is -1.57. The van der Waals surface area contributed by atoms with Crippen LogP contribution in [0.15, 0.2) is 36.4 Å². The maximum atomic E-state index is 11.2. The first-order valence-corrected chi connectivity index (χ1v) is 5.72. The molecule has 16 heavy (non-hydrogen) atoms. The summed E-state index contributed by atoms with van der Waals surface area (Å²) in [6.07, 6.45) is 3.35. The molecule has 0 spiro atoms. The van der Waals surface area contributed by atoms with Crippen LogP contribution < -0.4 is 5.32 Å². The average molecular weight is 219 g/mol. The first-order valence-electron chi connectivity index (χ1n) is 5.72. The van der Waals surface area contributed by atoms with Crippen molar-refractivity contribution in [2.75, 3.05) is 0 Å². The largest absolute Gasteiger partial charge is 0.350 e. The first-order chi connectivity index (χ1) is 7.68. The van der Waals surface area contributed by atoms with Crippen molar-refractivity contribution in [3.8, 4) is 0 Å². The molecule has 1 N–H and O–H groups in total. The third-order valence-electron chi connectivity index (χ3n) is 1.66. The highest BCUT2D eigenvalue weighted by atomic mass is 16.1. The number of carbonyl (C=O) groups excluding carboxylic acids is 1. The Kier molecular flexibility index (Phi) is 7.86. The summed E-state index contributed by atoms with van der Waals surface area (Å²) < 4.78 is 0. The molecule has 1 rings (SSSR count). The smallest absolute Gasteiger partial charge is 0.244 e. The number of hydrogen-bond acceptors (Lipinski definition) is 1. The number of amides is 1. The average Bonchev–Trinajstić information content (AvgIpc) is 2.30. The Bertz CT molecular complexity index is 315. The summed E-state index contributed by atoms with van der Waals surface area (Å²) in [5, 5.41) is 2.79. The molecular weight excluding hydrogens is 198 g/mol. The van der Waals surface area contributed by atoms with E-state index < -0.39 is 0 Å². The summed E-state index contributed by atoms with van der Waals surface area (Å²) in [7, 11) is 0. The SMILES string of the molecule is CC.CC(C)NC(=O)/C=C/c1ccccc1. The van der Waals surface area contributed by atoms with Gasteiger partial charge in [-0.2, -0.15) is 0 Å². The normalized spacial score (nSPS) is 9.81. The quantitative estimate of drug-likeness (QED) is 0.777. The van der Waals surface area contributed by atoms with Crippen LogP contribution in [0.4, 0.5) is 0 Å². The predicted molar refractivity (Wildman–Crippen MR) is 70.1 cm³/mol. The number of benzene rings is 1. The van der Waals surface area contributed by atoms with Gasteiger partial charge in [-0.25, -0.2) is 0 Å². The molecule has 0 saturated carbocycles. The van der Waals surface area contributed by atoms with Gasteiger partial charge < -0.3 is 5.32 Å². The highest BCUT2D eigenvalue weighted by Gasteiger charge is 1.96. The van der Waals surface area contributed by atoms with E-state index in [-0.39, 0.29) is 11.9 Å². The highest BCUT2D eigenvalue weighted by Crippen LogP contribution is 2.00. The van der Waals surface area contributed by atoms with Gasteiger partial charge in [0.05, 0.1) is 0 Å². The third-order valence-corrected chi connectivity index (χ3v) is 1.66. The van der Waals surface area contributed by atoms with Crippen LogP contribution in [0.3, 0.4) is 0 Å². The maximum Gasteiger partial charge on any atom is 0.244 e. The molecule has 0 fully saturated rings. The van der Waals surface area contributed by atoms with Gasteiger partial charge in [0.1, 0.15) is 0 Å². The Morgan fingerprint density at radius 1 is 1.19 bits per heavy atom. The molecule has 0 aliphatic carbocycles. The van der Waals surface area contributed by atoms with Crippen molar-refractivity contribution in [3.05, 3.63) is 42.0 Å². The van der Waals surface area contributed by atoms with E-state index in [1.165, 1.54) is 0 Å². The standard InChI is InChI=1S/C12H15NO.C2H6/c1-10(2)13-12(14)9-8-11-6-4-3-5-7-11;1-2/h3-10H,1-2H3,(H,13,14);1-2H3/b9-8+;. The number of hydrogen-bond donors (Lipinski definition) is 1. The highest BCUT2D eigenvalue weighted by molar-refractivity contribution is 5.91. The zero-order chi connectivity index (χ0) is 12.4. The van der Waals surface area contributed by atoms with Gasteiger partial charge in [-0.3, -0.25) is 4.79 Å². The van der Waals surface area contributed by atoms with E-state index in [1.54, 1.807) is 12.2 Å². The van der Waals surface area contributed by atoms with E-state index in [4.69, 9.17) is 0 Å². The summed E-state index contributed by atoms with van der Waals surface area (Å²) in [5.41, 5.74) is 1.03. The minimum atomic E-state index is -0.0520. The summed E-state index contributed by atoms with van der Waals surface area (Å²) in [6, 6.07) is 9.94. The van der Waals surface area contributed by atoms with Crippen LogP contribution in [0.5, 0.6) is 0 Å². The van der Waals surface area contributed by atoms with Gasteiger partial charge in [0, 0.05) is 12.1 Å². The van der Waals surface area contributed by atoms with Crippen LogP contribution in [0.25, 0.3) is 6.08 Å². The van der Waals surface area contributed by atoms with Gasteiger partial charge >= 0.3 is 0 Å². The zero-order valence-electron chi connectivity index (χ0n) is 10.5. The first kappa shape index (κ1) is 14.4. The fourth-order valence-corrected chi connectivity index (χ4v) is 1.07. The maximum absolute atomic E-state index is 11.2. The molecule has 0 unspecified atom stereocenters. The van der Waals surface area contributed by atoms with Gasteiger partial charge in [0.15, 0.2) is 0 Å². The van der Waals surface area contributed by atoms with Crippen LogP contribution in [-0.4, -0.2) is 11.9 Å². The fourth-order valence-electron chi connectivity index (χ4n) is 1.07. The predicted octanol–water partition coefficient (Wildman–Crippen LogP) is 3.25. The number of carbonyl (C=O) groups is 1. The Morgan fingerprint density at radius 3 is 2.25 bits per heavy atom. The van der Waals surface area contributed by atoms with E-state index in [9.17, 15) is 4.79 Å². The molecule has 0 heterocycles. The molecule has 2 heteroatoms. The van der Waals surface area contributed by atoms with Gasteiger partial charge in [-0.05, 0) is 25.5 Å². The molecule has 0 aromatic heterocycles. The zero-order valence-corrected chi connectivity index (χ0v) is 10.5. The van der Waals surface area contributed by atoms with Crippen molar-refractivity contribution in [1.82, 2.24) is 5.32 Å². The lowest BCUT2D eigenvalue weighted by atomic mass is 10.2. The minimum absolute atomic E-state index is 0.0520. The summed E-state index contributed by atoms with van der Waals surface area (Å²) in [5.74, 6) is -0.0520. The Labute approximate surface area is 98.4 Å². The second-order valence-electron chi connectivity index (χ2n) is 3.41. The number of rotatable bonds is 3. The van der Waals surface area contributed by atoms with Gasteiger partial charge in [0.25, 0.3) is 0 Å². The van der Waals surface area contributed by atoms with E-state index in [0.717, 1.165) is 5.56 Å². The molecule has 0 atom stereocenters. The molecule has 0 radical (unpaired) electrons. The van der Waals surface area contributed by atoms with E-state index >= 15 is 0 Å². The molecule has 2 nitrogen and oxygen atoms in total. The lowest BCUT2D eigenvalue weighted by Crippen LogP contribution is -2.28. The van der Waals surface area contributed by atoms with Crippen LogP contribution in [0.2, 0.25) is 0 Å². The second kappa shape index (κ2) is 8.72. The monoisotopic (exact) mass is 219 g/mol. The molecule has 88 valence electrons. The van der Waals surface area contributed by atoms with Crippen molar-refractivity contribution in [2.45, 2.75) is 33.7 Å². The van der Waals surface area contributed by atoms with E-state index in [2.05, 4.69) is 5.32 Å². The van der Waals surface area contributed by atoms with Crippen LogP contribution >= 0.6 is 0 Å². The summed E-state index contributed by atoms with van der Waals surface area (Å²) >= 11 is 0. The third kappa shape index (κ3) is 6.82. The van der Waals surface area contributed by atoms with Gasteiger partial charge in [0.2, 0.25) is 5.91 Å². The molecular formula is C14H21NO. The molecule has 0 bridgehead atoms. The summed E-state index contributed by atoms with van der Waals surface area (Å²) in [4.78, 5) is 11.2. The summed E-state index contributed by atoms with van der Waals surface area (Å²) in [6.45, 7) is 7.88. The van der Waals surface area contributed by atoms with Crippen LogP contribution in [0.1, 0.15) is 33.3 Å². The lowest BCUT2D eigenvalue weighted by molar-refractivity contribution is -0.116. The molecule has 1 aromatic rings. The lowest BCUT2D eigenvalue weighted by Gasteiger charge is -2.03. The van der Waals surface area contributed by atoms with Gasteiger partial charge in [-0.15, -0.1) is 0 Å². The Balaban J connectivity index is 0.00000106. The second-order valence-corrected chi connectivity index (χ2v) is 3.41. The van der Waals surface area contributed by atoms with Gasteiger partial charge in [-0.1, -0.05) is 44.2 Å². The minimum Gasteiger partial charge on any atom is -0.350 e. The van der Waals surface area contributed by atoms with Crippen molar-refractivity contribution >= 4 is 12.0 Å². The van der Waals surface area contributed by atoms with Crippen molar-refractivity contribution in [2.24, 2.45) is 0 Å². The topological polar surface area (TPSA) is 29.1 Å². The van der Waals surface area contributed by atoms with E-state index in [0.29, 0.717) is 0 Å². The van der Waals surface area contributed by atoms with Crippen molar-refractivity contribution < 1.29 is 4.79 Å². The molecule has 1 amide bonds. The van der Waals surface area contributed by atoms with Crippen LogP contribution in [-0.2, 0) is 4.79 Å².